The lowest BCUT2D eigenvalue weighted by Gasteiger charge is -2.28. The monoisotopic (exact) mass is 182 g/mol. The average Bonchev–Trinajstić information content (AvgIpc) is 2.02. The predicted molar refractivity (Wildman–Crippen MR) is 41.1 cm³/mol. The molecule has 0 aromatic carbocycles. The summed E-state index contributed by atoms with van der Waals surface area (Å²) in [6, 6.07) is 0. The van der Waals surface area contributed by atoms with Crippen LogP contribution in [0.4, 0.5) is 12.9 Å². The smallest absolute Gasteiger partial charge is 0.449 e. The van der Waals surface area contributed by atoms with Crippen LogP contribution in [-0.2, 0) is 4.74 Å². The summed E-state index contributed by atoms with van der Waals surface area (Å²) in [4.78, 5) is 1.79. The molecule has 72 valence electrons. The number of hydrogen-bond donors (Lipinski definition) is 0. The number of ether oxygens (including phenoxy) is 1. The van der Waals surface area contributed by atoms with E-state index < -0.39 is 13.3 Å². The zero-order chi connectivity index (χ0) is 9.03. The van der Waals surface area contributed by atoms with Crippen molar-refractivity contribution in [3.8, 4) is 0 Å². The van der Waals surface area contributed by atoms with Gasteiger partial charge >= 0.3 is 6.98 Å². The van der Waals surface area contributed by atoms with E-state index in [1.807, 2.05) is 0 Å². The van der Waals surface area contributed by atoms with E-state index in [0.29, 0.717) is 26.3 Å². The highest BCUT2D eigenvalue weighted by molar-refractivity contribution is 6.58. The number of morpholine rings is 1. The lowest BCUT2D eigenvalue weighted by atomic mass is 9.86. The number of halogens is 3. The van der Waals surface area contributed by atoms with E-state index in [4.69, 9.17) is 4.74 Å². The Morgan fingerprint density at radius 3 is 2.25 bits per heavy atom. The maximum Gasteiger partial charge on any atom is 0.479 e. The van der Waals surface area contributed by atoms with Crippen LogP contribution in [0.25, 0.3) is 0 Å². The van der Waals surface area contributed by atoms with Gasteiger partial charge in [-0.05, 0) is 6.54 Å². The molecular formula is C6H12BF3NO-. The first kappa shape index (κ1) is 9.86. The van der Waals surface area contributed by atoms with E-state index in [1.54, 1.807) is 4.90 Å². The molecule has 12 heavy (non-hydrogen) atoms. The van der Waals surface area contributed by atoms with Crippen molar-refractivity contribution in [2.24, 2.45) is 0 Å². The van der Waals surface area contributed by atoms with Crippen molar-refractivity contribution in [1.29, 1.82) is 0 Å². The van der Waals surface area contributed by atoms with Gasteiger partial charge in [-0.3, -0.25) is 0 Å². The molecule has 0 atom stereocenters. The Hall–Kier alpha value is -0.225. The minimum Gasteiger partial charge on any atom is -0.449 e. The fraction of sp³-hybridized carbons (Fsp3) is 1.00. The van der Waals surface area contributed by atoms with Crippen molar-refractivity contribution in [1.82, 2.24) is 4.90 Å². The zero-order valence-corrected chi connectivity index (χ0v) is 6.81. The molecule has 0 bridgehead atoms. The molecule has 0 aliphatic carbocycles. The SMILES string of the molecule is F[B-](F)(F)CCN1CCOCC1. The third-order valence-corrected chi connectivity index (χ3v) is 1.88. The molecule has 0 unspecified atom stereocenters. The van der Waals surface area contributed by atoms with Gasteiger partial charge in [-0.2, -0.15) is 0 Å². The molecule has 0 N–H and O–H groups in total. The van der Waals surface area contributed by atoms with Crippen molar-refractivity contribution in [2.45, 2.75) is 6.32 Å². The largest absolute Gasteiger partial charge is 0.479 e. The number of rotatable bonds is 3. The minimum atomic E-state index is -4.61. The molecule has 0 amide bonds. The average molecular weight is 182 g/mol. The van der Waals surface area contributed by atoms with Gasteiger partial charge in [-0.25, -0.2) is 0 Å². The molecule has 0 radical (unpaired) electrons. The van der Waals surface area contributed by atoms with Crippen molar-refractivity contribution in [2.75, 3.05) is 32.8 Å². The standard InChI is InChI=1S/C6H12BF3NO/c8-7(9,10)1-2-11-3-5-12-6-4-11/h1-6H2/q-1. The molecule has 1 aliphatic heterocycles. The summed E-state index contributed by atoms with van der Waals surface area (Å²) in [5, 5.41) is 0. The Bertz CT molecular complexity index is 135. The Kier molecular flexibility index (Phi) is 3.40. The summed E-state index contributed by atoms with van der Waals surface area (Å²) >= 11 is 0. The fourth-order valence-electron chi connectivity index (χ4n) is 1.15. The molecule has 1 saturated heterocycles. The van der Waals surface area contributed by atoms with Gasteiger partial charge < -0.3 is 22.6 Å². The summed E-state index contributed by atoms with van der Waals surface area (Å²) < 4.78 is 40.5. The molecular weight excluding hydrogens is 170 g/mol. The number of hydrogen-bond acceptors (Lipinski definition) is 2. The van der Waals surface area contributed by atoms with Crippen molar-refractivity contribution >= 4 is 6.98 Å². The summed E-state index contributed by atoms with van der Waals surface area (Å²) in [6.07, 6.45) is -0.653. The van der Waals surface area contributed by atoms with Crippen LogP contribution in [0, 0.1) is 0 Å². The molecule has 1 fully saturated rings. The summed E-state index contributed by atoms with van der Waals surface area (Å²) in [5.41, 5.74) is 0. The molecule has 2 nitrogen and oxygen atoms in total. The van der Waals surface area contributed by atoms with Crippen LogP contribution in [0.15, 0.2) is 0 Å². The summed E-state index contributed by atoms with van der Waals surface area (Å²) in [6.45, 7) is -2.10. The highest BCUT2D eigenvalue weighted by Gasteiger charge is 2.23. The first-order valence-electron chi connectivity index (χ1n) is 4.09. The Morgan fingerprint density at radius 1 is 1.17 bits per heavy atom. The molecule has 1 rings (SSSR count). The van der Waals surface area contributed by atoms with Crippen molar-refractivity contribution < 1.29 is 17.7 Å². The van der Waals surface area contributed by atoms with Crippen LogP contribution in [0.1, 0.15) is 0 Å². The number of nitrogens with zero attached hydrogens (tertiary/aromatic N) is 1. The lowest BCUT2D eigenvalue weighted by molar-refractivity contribution is 0.0396. The van der Waals surface area contributed by atoms with E-state index >= 15 is 0 Å². The van der Waals surface area contributed by atoms with Gasteiger partial charge in [0.2, 0.25) is 0 Å². The van der Waals surface area contributed by atoms with E-state index in [9.17, 15) is 12.9 Å². The molecule has 0 saturated carbocycles. The van der Waals surface area contributed by atoms with Gasteiger partial charge in [-0.15, -0.1) is 0 Å². The van der Waals surface area contributed by atoms with Gasteiger partial charge in [0.05, 0.1) is 13.2 Å². The van der Waals surface area contributed by atoms with Gasteiger partial charge in [0.1, 0.15) is 0 Å². The van der Waals surface area contributed by atoms with Crippen molar-refractivity contribution in [3.63, 3.8) is 0 Å². The zero-order valence-electron chi connectivity index (χ0n) is 6.81. The van der Waals surface area contributed by atoms with Crippen LogP contribution in [-0.4, -0.2) is 44.7 Å². The first-order chi connectivity index (χ1) is 5.58. The second kappa shape index (κ2) is 4.14. The van der Waals surface area contributed by atoms with Crippen LogP contribution < -0.4 is 0 Å². The summed E-state index contributed by atoms with van der Waals surface area (Å²) in [5.74, 6) is 0. The highest BCUT2D eigenvalue weighted by atomic mass is 19.4. The third-order valence-electron chi connectivity index (χ3n) is 1.88. The molecule has 0 aromatic heterocycles. The topological polar surface area (TPSA) is 12.5 Å². The summed E-state index contributed by atoms with van der Waals surface area (Å²) in [7, 11) is 0. The molecule has 1 aliphatic rings. The maximum absolute atomic E-state index is 11.8. The van der Waals surface area contributed by atoms with Gasteiger partial charge in [0.25, 0.3) is 0 Å². The second-order valence-corrected chi connectivity index (χ2v) is 2.95. The maximum atomic E-state index is 11.8. The third kappa shape index (κ3) is 3.97. The van der Waals surface area contributed by atoms with Gasteiger partial charge in [-0.1, -0.05) is 6.32 Å². The molecule has 0 aromatic rings. The van der Waals surface area contributed by atoms with Crippen molar-refractivity contribution in [3.05, 3.63) is 0 Å². The van der Waals surface area contributed by atoms with Crippen LogP contribution >= 0.6 is 0 Å². The quantitative estimate of drug-likeness (QED) is 0.607. The Labute approximate surface area is 69.7 Å². The molecule has 0 spiro atoms. The van der Waals surface area contributed by atoms with Crippen LogP contribution in [0.2, 0.25) is 6.32 Å². The van der Waals surface area contributed by atoms with E-state index in [2.05, 4.69) is 0 Å². The first-order valence-corrected chi connectivity index (χ1v) is 4.09. The Morgan fingerprint density at radius 2 is 1.75 bits per heavy atom. The van der Waals surface area contributed by atoms with Crippen LogP contribution in [0.3, 0.4) is 0 Å². The predicted octanol–water partition coefficient (Wildman–Crippen LogP) is 1.17. The fourth-order valence-corrected chi connectivity index (χ4v) is 1.15. The van der Waals surface area contributed by atoms with Crippen LogP contribution in [0.5, 0.6) is 0 Å². The Balaban J connectivity index is 2.13. The van der Waals surface area contributed by atoms with Gasteiger partial charge in [0, 0.05) is 13.1 Å². The normalized spacial score (nSPS) is 21.2. The minimum absolute atomic E-state index is 0.132. The van der Waals surface area contributed by atoms with E-state index in [0.717, 1.165) is 0 Å². The van der Waals surface area contributed by atoms with E-state index in [-0.39, 0.29) is 6.54 Å². The lowest BCUT2D eigenvalue weighted by Crippen LogP contribution is -2.38. The van der Waals surface area contributed by atoms with Gasteiger partial charge in [0.15, 0.2) is 0 Å². The second-order valence-electron chi connectivity index (χ2n) is 2.95. The van der Waals surface area contributed by atoms with E-state index in [1.165, 1.54) is 0 Å². The molecule has 1 heterocycles. The molecule has 6 heteroatoms. The highest BCUT2D eigenvalue weighted by Crippen LogP contribution is 2.15.